The lowest BCUT2D eigenvalue weighted by atomic mass is 10.2. The highest BCUT2D eigenvalue weighted by atomic mass is 127. The first-order valence-electron chi connectivity index (χ1n) is 4.24. The van der Waals surface area contributed by atoms with Crippen LogP contribution in [0.2, 0.25) is 0 Å². The summed E-state index contributed by atoms with van der Waals surface area (Å²) in [6.45, 7) is 3.74. The molecule has 0 N–H and O–H groups in total. The largest absolute Gasteiger partial charge is 0.344 e. The first kappa shape index (κ1) is 10.4. The van der Waals surface area contributed by atoms with Crippen LogP contribution < -0.4 is 0 Å². The third kappa shape index (κ3) is 1.84. The van der Waals surface area contributed by atoms with Crippen molar-refractivity contribution in [3.8, 4) is 0 Å². The Morgan fingerprint density at radius 3 is 2.62 bits per heavy atom. The molecule has 0 bridgehead atoms. The maximum Gasteiger partial charge on any atom is 0.189 e. The molecule has 0 spiro atoms. The van der Waals surface area contributed by atoms with Gasteiger partial charge in [-0.25, -0.2) is 0 Å². The molecule has 0 aromatic rings. The molecule has 0 saturated carbocycles. The Labute approximate surface area is 96.2 Å². The van der Waals surface area contributed by atoms with E-state index in [9.17, 15) is 0 Å². The number of halogens is 2. The van der Waals surface area contributed by atoms with Crippen LogP contribution >= 0.6 is 34.2 Å². The zero-order valence-electron chi connectivity index (χ0n) is 7.50. The van der Waals surface area contributed by atoms with Gasteiger partial charge in [-0.1, -0.05) is 22.6 Å². The molecule has 4 atom stereocenters. The molecule has 3 nitrogen and oxygen atoms in total. The van der Waals surface area contributed by atoms with Crippen molar-refractivity contribution in [3.63, 3.8) is 0 Å². The average Bonchev–Trinajstić information content (AvgIpc) is 2.47. The quantitative estimate of drug-likeness (QED) is 0.546. The molecule has 13 heavy (non-hydrogen) atoms. The van der Waals surface area contributed by atoms with E-state index in [2.05, 4.69) is 22.6 Å². The number of hydrogen-bond donors (Lipinski definition) is 0. The minimum absolute atomic E-state index is 0.0494. The van der Waals surface area contributed by atoms with Gasteiger partial charge in [-0.05, 0) is 13.8 Å². The topological polar surface area (TPSA) is 27.7 Å². The molecular weight excluding hydrogens is 306 g/mol. The van der Waals surface area contributed by atoms with E-state index in [1.807, 2.05) is 13.8 Å². The lowest BCUT2D eigenvalue weighted by molar-refractivity contribution is -0.201. The predicted octanol–water partition coefficient (Wildman–Crippen LogP) is 1.91. The fourth-order valence-electron chi connectivity index (χ4n) is 1.66. The maximum absolute atomic E-state index is 6.17. The van der Waals surface area contributed by atoms with Crippen molar-refractivity contribution >= 4 is 34.2 Å². The van der Waals surface area contributed by atoms with E-state index in [0.29, 0.717) is 0 Å². The van der Waals surface area contributed by atoms with Crippen LogP contribution in [0.15, 0.2) is 0 Å². The van der Waals surface area contributed by atoms with E-state index in [4.69, 9.17) is 25.8 Å². The second-order valence-corrected chi connectivity index (χ2v) is 5.13. The fraction of sp³-hybridized carbons (Fsp3) is 1.00. The Kier molecular flexibility index (Phi) is 2.79. The van der Waals surface area contributed by atoms with Crippen LogP contribution in [0.5, 0.6) is 0 Å². The number of rotatable bonds is 1. The number of alkyl halides is 2. The number of fused-ring (bicyclic) bond motifs is 1. The van der Waals surface area contributed by atoms with Crippen molar-refractivity contribution in [1.82, 2.24) is 0 Å². The fourth-order valence-corrected chi connectivity index (χ4v) is 3.03. The van der Waals surface area contributed by atoms with Crippen molar-refractivity contribution in [2.24, 2.45) is 0 Å². The predicted molar refractivity (Wildman–Crippen MR) is 57.2 cm³/mol. The first-order valence-corrected chi connectivity index (χ1v) is 6.21. The summed E-state index contributed by atoms with van der Waals surface area (Å²) in [4.78, 5) is 0. The molecule has 5 heteroatoms. The van der Waals surface area contributed by atoms with E-state index < -0.39 is 5.79 Å². The molecule has 0 amide bonds. The van der Waals surface area contributed by atoms with Gasteiger partial charge in [0.2, 0.25) is 0 Å². The van der Waals surface area contributed by atoms with Crippen molar-refractivity contribution in [1.29, 1.82) is 0 Å². The average molecular weight is 319 g/mol. The molecule has 0 aromatic carbocycles. The standard InChI is InChI=1S/C8H12ClIO3/c1-8(2)12-6-5(9)4(3-10)11-7(6)13-8/h4-7H,3H2,1-2H3/t4-,5+,6-,7-/m1/s1. The molecule has 2 aliphatic rings. The summed E-state index contributed by atoms with van der Waals surface area (Å²) in [6, 6.07) is 0. The lowest BCUT2D eigenvalue weighted by Gasteiger charge is -2.21. The smallest absolute Gasteiger partial charge is 0.189 e. The van der Waals surface area contributed by atoms with Crippen molar-refractivity contribution in [3.05, 3.63) is 0 Å². The van der Waals surface area contributed by atoms with Crippen molar-refractivity contribution in [2.45, 2.75) is 43.5 Å². The molecule has 0 aromatic heterocycles. The number of hydrogen-bond acceptors (Lipinski definition) is 3. The molecule has 0 unspecified atom stereocenters. The molecule has 76 valence electrons. The van der Waals surface area contributed by atoms with Gasteiger partial charge in [0.05, 0.1) is 11.5 Å². The van der Waals surface area contributed by atoms with Gasteiger partial charge >= 0.3 is 0 Å². The Hall–Kier alpha value is 0.900. The normalized spacial score (nSPS) is 48.0. The maximum atomic E-state index is 6.17. The van der Waals surface area contributed by atoms with Gasteiger partial charge in [0.25, 0.3) is 0 Å². The van der Waals surface area contributed by atoms with Gasteiger partial charge in [0.1, 0.15) is 6.10 Å². The molecule has 2 rings (SSSR count). The van der Waals surface area contributed by atoms with E-state index in [1.165, 1.54) is 0 Å². The summed E-state index contributed by atoms with van der Waals surface area (Å²) >= 11 is 8.43. The Balaban J connectivity index is 2.07. The van der Waals surface area contributed by atoms with Crippen LogP contribution in [0, 0.1) is 0 Å². The van der Waals surface area contributed by atoms with Gasteiger partial charge in [-0.15, -0.1) is 11.6 Å². The van der Waals surface area contributed by atoms with Crippen LogP contribution in [0.1, 0.15) is 13.8 Å². The Bertz CT molecular complexity index is 212. The second kappa shape index (κ2) is 3.48. The zero-order valence-corrected chi connectivity index (χ0v) is 10.4. The van der Waals surface area contributed by atoms with E-state index in [1.54, 1.807) is 0 Å². The summed E-state index contributed by atoms with van der Waals surface area (Å²) in [5, 5.41) is -0.0938. The minimum Gasteiger partial charge on any atom is -0.344 e. The molecule has 2 aliphatic heterocycles. The van der Waals surface area contributed by atoms with Crippen LogP contribution in [0.3, 0.4) is 0 Å². The van der Waals surface area contributed by atoms with E-state index in [-0.39, 0.29) is 23.9 Å². The molecule has 2 fully saturated rings. The van der Waals surface area contributed by atoms with Gasteiger partial charge < -0.3 is 14.2 Å². The lowest BCUT2D eigenvalue weighted by Crippen LogP contribution is -2.31. The number of ether oxygens (including phenoxy) is 3. The summed E-state index contributed by atoms with van der Waals surface area (Å²) in [6.07, 6.45) is -0.345. The summed E-state index contributed by atoms with van der Waals surface area (Å²) in [5.41, 5.74) is 0. The molecular formula is C8H12ClIO3. The minimum atomic E-state index is -0.557. The molecule has 0 radical (unpaired) electrons. The molecule has 2 heterocycles. The first-order chi connectivity index (χ1) is 6.03. The zero-order chi connectivity index (χ0) is 9.64. The van der Waals surface area contributed by atoms with Crippen LogP contribution in [0.4, 0.5) is 0 Å². The summed E-state index contributed by atoms with van der Waals surface area (Å²) in [7, 11) is 0. The van der Waals surface area contributed by atoms with Crippen LogP contribution in [-0.4, -0.2) is 34.1 Å². The molecule has 2 saturated heterocycles. The van der Waals surface area contributed by atoms with Crippen LogP contribution in [0.25, 0.3) is 0 Å². The second-order valence-electron chi connectivity index (χ2n) is 3.74. The highest BCUT2D eigenvalue weighted by Gasteiger charge is 2.53. The summed E-state index contributed by atoms with van der Waals surface area (Å²) < 4.78 is 17.6. The third-order valence-corrected chi connectivity index (χ3v) is 3.62. The van der Waals surface area contributed by atoms with Gasteiger partial charge in [0.15, 0.2) is 12.1 Å². The van der Waals surface area contributed by atoms with Gasteiger partial charge in [-0.3, -0.25) is 0 Å². The highest BCUT2D eigenvalue weighted by Crippen LogP contribution is 2.39. The third-order valence-electron chi connectivity index (χ3n) is 2.22. The van der Waals surface area contributed by atoms with Gasteiger partial charge in [-0.2, -0.15) is 0 Å². The van der Waals surface area contributed by atoms with E-state index >= 15 is 0 Å². The van der Waals surface area contributed by atoms with Crippen molar-refractivity contribution < 1.29 is 14.2 Å². The van der Waals surface area contributed by atoms with Gasteiger partial charge in [0, 0.05) is 4.43 Å². The summed E-state index contributed by atoms with van der Waals surface area (Å²) in [5.74, 6) is -0.557. The highest BCUT2D eigenvalue weighted by molar-refractivity contribution is 14.1. The van der Waals surface area contributed by atoms with Crippen molar-refractivity contribution in [2.75, 3.05) is 4.43 Å². The Morgan fingerprint density at radius 1 is 1.38 bits per heavy atom. The monoisotopic (exact) mass is 318 g/mol. The molecule has 0 aliphatic carbocycles. The Morgan fingerprint density at radius 2 is 2.08 bits per heavy atom. The van der Waals surface area contributed by atoms with E-state index in [0.717, 1.165) is 4.43 Å². The van der Waals surface area contributed by atoms with Crippen LogP contribution in [-0.2, 0) is 14.2 Å². The SMILES string of the molecule is CC1(C)O[C@H]2O[C@H](CI)[C@H](Cl)[C@H]2O1.